The Morgan fingerprint density at radius 3 is 3.00 bits per heavy atom. The third-order valence-electron chi connectivity index (χ3n) is 4.74. The summed E-state index contributed by atoms with van der Waals surface area (Å²) < 4.78 is 15.2. The van der Waals surface area contributed by atoms with Crippen LogP contribution in [0.3, 0.4) is 0 Å². The van der Waals surface area contributed by atoms with E-state index >= 15 is 0 Å². The SMILES string of the molecule is CCC(=O)c1cnc2ccc(N3CCCC3c3cccc(F)c3)nn12. The van der Waals surface area contributed by atoms with Crippen LogP contribution in [0.5, 0.6) is 0 Å². The Hall–Kier alpha value is -2.76. The van der Waals surface area contributed by atoms with E-state index in [1.54, 1.807) is 22.8 Å². The van der Waals surface area contributed by atoms with Crippen LogP contribution in [-0.4, -0.2) is 26.9 Å². The number of hydrogen-bond acceptors (Lipinski definition) is 4. The van der Waals surface area contributed by atoms with Gasteiger partial charge in [-0.1, -0.05) is 19.1 Å². The summed E-state index contributed by atoms with van der Waals surface area (Å²) in [6.45, 7) is 2.68. The number of rotatable bonds is 4. The van der Waals surface area contributed by atoms with E-state index in [0.717, 1.165) is 30.8 Å². The monoisotopic (exact) mass is 338 g/mol. The van der Waals surface area contributed by atoms with E-state index < -0.39 is 0 Å². The smallest absolute Gasteiger partial charge is 0.182 e. The van der Waals surface area contributed by atoms with Gasteiger partial charge in [-0.2, -0.15) is 0 Å². The van der Waals surface area contributed by atoms with E-state index in [4.69, 9.17) is 0 Å². The fourth-order valence-electron chi connectivity index (χ4n) is 3.49. The molecule has 0 amide bonds. The Morgan fingerprint density at radius 1 is 1.32 bits per heavy atom. The summed E-state index contributed by atoms with van der Waals surface area (Å²) in [6, 6.07) is 10.6. The molecular weight excluding hydrogens is 319 g/mol. The summed E-state index contributed by atoms with van der Waals surface area (Å²) in [6.07, 6.45) is 3.96. The van der Waals surface area contributed by atoms with Crippen molar-refractivity contribution in [2.24, 2.45) is 0 Å². The highest BCUT2D eigenvalue weighted by molar-refractivity contribution is 5.94. The topological polar surface area (TPSA) is 50.5 Å². The zero-order chi connectivity index (χ0) is 17.4. The molecule has 1 aromatic carbocycles. The lowest BCUT2D eigenvalue weighted by Crippen LogP contribution is -2.24. The first-order valence-electron chi connectivity index (χ1n) is 8.57. The molecular formula is C19H19FN4O. The van der Waals surface area contributed by atoms with Crippen LogP contribution < -0.4 is 4.90 Å². The van der Waals surface area contributed by atoms with E-state index in [9.17, 15) is 9.18 Å². The fraction of sp³-hybridized carbons (Fsp3) is 0.316. The van der Waals surface area contributed by atoms with Crippen molar-refractivity contribution in [1.82, 2.24) is 14.6 Å². The minimum atomic E-state index is -0.224. The molecule has 0 N–H and O–H groups in total. The predicted octanol–water partition coefficient (Wildman–Crippen LogP) is 3.80. The van der Waals surface area contributed by atoms with E-state index in [0.29, 0.717) is 17.8 Å². The predicted molar refractivity (Wildman–Crippen MR) is 93.3 cm³/mol. The molecule has 3 aromatic rings. The number of imidazole rings is 1. The van der Waals surface area contributed by atoms with Crippen molar-refractivity contribution in [2.45, 2.75) is 32.2 Å². The quantitative estimate of drug-likeness (QED) is 0.679. The zero-order valence-corrected chi connectivity index (χ0v) is 14.0. The van der Waals surface area contributed by atoms with Gasteiger partial charge in [0.25, 0.3) is 0 Å². The number of benzene rings is 1. The van der Waals surface area contributed by atoms with Crippen molar-refractivity contribution in [3.63, 3.8) is 0 Å². The molecule has 0 spiro atoms. The Morgan fingerprint density at radius 2 is 2.20 bits per heavy atom. The third-order valence-corrected chi connectivity index (χ3v) is 4.74. The van der Waals surface area contributed by atoms with Gasteiger partial charge in [0.1, 0.15) is 17.3 Å². The summed E-state index contributed by atoms with van der Waals surface area (Å²) >= 11 is 0. The van der Waals surface area contributed by atoms with Gasteiger partial charge in [-0.25, -0.2) is 13.9 Å². The van der Waals surface area contributed by atoms with Gasteiger partial charge in [-0.15, -0.1) is 5.10 Å². The lowest BCUT2D eigenvalue weighted by molar-refractivity contribution is 0.0981. The largest absolute Gasteiger partial charge is 0.348 e. The van der Waals surface area contributed by atoms with Gasteiger partial charge < -0.3 is 4.90 Å². The highest BCUT2D eigenvalue weighted by Gasteiger charge is 2.28. The van der Waals surface area contributed by atoms with Crippen molar-refractivity contribution in [3.8, 4) is 0 Å². The van der Waals surface area contributed by atoms with Gasteiger partial charge in [0, 0.05) is 13.0 Å². The molecule has 0 radical (unpaired) electrons. The summed E-state index contributed by atoms with van der Waals surface area (Å²) in [7, 11) is 0. The molecule has 1 aliphatic heterocycles. The summed E-state index contributed by atoms with van der Waals surface area (Å²) in [5.74, 6) is 0.570. The second kappa shape index (κ2) is 6.27. The number of carbonyl (C=O) groups excluding carboxylic acids is 1. The fourth-order valence-corrected chi connectivity index (χ4v) is 3.49. The Kier molecular flexibility index (Phi) is 3.95. The molecule has 0 bridgehead atoms. The molecule has 0 saturated carbocycles. The second-order valence-corrected chi connectivity index (χ2v) is 6.29. The molecule has 4 rings (SSSR count). The molecule has 6 heteroatoms. The molecule has 1 atom stereocenters. The maximum absolute atomic E-state index is 13.6. The number of halogens is 1. The number of carbonyl (C=O) groups is 1. The van der Waals surface area contributed by atoms with Crippen LogP contribution in [0.2, 0.25) is 0 Å². The number of Topliss-reactive ketones (excluding diaryl/α,β-unsaturated/α-hetero) is 1. The molecule has 128 valence electrons. The number of hydrogen-bond donors (Lipinski definition) is 0. The molecule has 1 aliphatic rings. The lowest BCUT2D eigenvalue weighted by atomic mass is 10.0. The van der Waals surface area contributed by atoms with Crippen molar-refractivity contribution < 1.29 is 9.18 Å². The van der Waals surface area contributed by atoms with Gasteiger partial charge in [-0.05, 0) is 42.7 Å². The van der Waals surface area contributed by atoms with Crippen molar-refractivity contribution in [1.29, 1.82) is 0 Å². The number of anilines is 1. The molecule has 0 aliphatic carbocycles. The molecule has 25 heavy (non-hydrogen) atoms. The third kappa shape index (κ3) is 2.77. The van der Waals surface area contributed by atoms with Gasteiger partial charge in [-0.3, -0.25) is 4.79 Å². The zero-order valence-electron chi connectivity index (χ0n) is 14.0. The average molecular weight is 338 g/mol. The first-order valence-corrected chi connectivity index (χ1v) is 8.57. The van der Waals surface area contributed by atoms with Crippen LogP contribution in [-0.2, 0) is 0 Å². The van der Waals surface area contributed by atoms with E-state index in [1.807, 2.05) is 25.1 Å². The van der Waals surface area contributed by atoms with Crippen LogP contribution in [0.4, 0.5) is 10.2 Å². The van der Waals surface area contributed by atoms with Crippen LogP contribution in [0, 0.1) is 5.82 Å². The van der Waals surface area contributed by atoms with Gasteiger partial charge in [0.15, 0.2) is 11.4 Å². The first kappa shape index (κ1) is 15.7. The number of fused-ring (bicyclic) bond motifs is 1. The summed E-state index contributed by atoms with van der Waals surface area (Å²) in [5.41, 5.74) is 2.11. The Bertz CT molecular complexity index is 936. The lowest BCUT2D eigenvalue weighted by Gasteiger charge is -2.26. The molecule has 2 aromatic heterocycles. The maximum Gasteiger partial charge on any atom is 0.182 e. The Balaban J connectivity index is 1.74. The summed E-state index contributed by atoms with van der Waals surface area (Å²) in [5, 5.41) is 4.65. The van der Waals surface area contributed by atoms with Crippen LogP contribution in [0.15, 0.2) is 42.6 Å². The van der Waals surface area contributed by atoms with Crippen LogP contribution in [0.1, 0.15) is 48.3 Å². The Labute approximate surface area is 145 Å². The standard InChI is InChI=1S/C19H19FN4O/c1-2-17(25)16-12-21-18-8-9-19(22-24(16)18)23-10-4-7-15(23)13-5-3-6-14(20)11-13/h3,5-6,8-9,11-12,15H,2,4,7,10H2,1H3. The van der Waals surface area contributed by atoms with E-state index in [-0.39, 0.29) is 17.6 Å². The normalized spacial score (nSPS) is 17.4. The first-order chi connectivity index (χ1) is 12.2. The highest BCUT2D eigenvalue weighted by atomic mass is 19.1. The maximum atomic E-state index is 13.6. The van der Waals surface area contributed by atoms with Gasteiger partial charge in [0.2, 0.25) is 0 Å². The van der Waals surface area contributed by atoms with Crippen molar-refractivity contribution in [2.75, 3.05) is 11.4 Å². The second-order valence-electron chi connectivity index (χ2n) is 6.29. The highest BCUT2D eigenvalue weighted by Crippen LogP contribution is 2.35. The molecule has 1 unspecified atom stereocenters. The number of ketones is 1. The van der Waals surface area contributed by atoms with Gasteiger partial charge in [0.05, 0.1) is 12.2 Å². The van der Waals surface area contributed by atoms with Gasteiger partial charge >= 0.3 is 0 Å². The van der Waals surface area contributed by atoms with Crippen molar-refractivity contribution >= 4 is 17.2 Å². The van der Waals surface area contributed by atoms with E-state index in [1.165, 1.54) is 6.07 Å². The molecule has 3 heterocycles. The minimum Gasteiger partial charge on any atom is -0.348 e. The number of nitrogens with zero attached hydrogens (tertiary/aromatic N) is 4. The van der Waals surface area contributed by atoms with Crippen LogP contribution >= 0.6 is 0 Å². The average Bonchev–Trinajstić information content (AvgIpc) is 3.27. The summed E-state index contributed by atoms with van der Waals surface area (Å²) in [4.78, 5) is 18.5. The molecule has 1 fully saturated rings. The van der Waals surface area contributed by atoms with E-state index in [2.05, 4.69) is 15.0 Å². The van der Waals surface area contributed by atoms with Crippen LogP contribution in [0.25, 0.3) is 5.65 Å². The van der Waals surface area contributed by atoms with Crippen molar-refractivity contribution in [3.05, 3.63) is 59.7 Å². The molecule has 1 saturated heterocycles. The number of aromatic nitrogens is 3. The molecule has 5 nitrogen and oxygen atoms in total. The minimum absolute atomic E-state index is 0.0141.